The van der Waals surface area contributed by atoms with E-state index < -0.39 is 11.7 Å². The molecule has 0 aliphatic carbocycles. The minimum atomic E-state index is -0.539. The Hall–Kier alpha value is -1.10. The molecule has 2 saturated heterocycles. The van der Waals surface area contributed by atoms with Gasteiger partial charge < -0.3 is 14.7 Å². The summed E-state index contributed by atoms with van der Waals surface area (Å²) in [5.74, 6) is 0.0686. The van der Waals surface area contributed by atoms with Crippen LogP contribution in [0.15, 0.2) is 24.3 Å². The number of hydrogen-bond acceptors (Lipinski definition) is 3. The first-order chi connectivity index (χ1) is 10.1. The van der Waals surface area contributed by atoms with Crippen molar-refractivity contribution in [2.45, 2.75) is 37.4 Å². The number of rotatable bonds is 2. The molecule has 1 spiro atoms. The fraction of sp³-hybridized carbons (Fsp3) is 0.562. The molecule has 0 aromatic heterocycles. The third kappa shape index (κ3) is 3.07. The van der Waals surface area contributed by atoms with E-state index in [2.05, 4.69) is 0 Å². The van der Waals surface area contributed by atoms with Crippen molar-refractivity contribution < 1.29 is 14.6 Å². The summed E-state index contributed by atoms with van der Waals surface area (Å²) in [4.78, 5) is 14.3. The molecule has 1 aromatic rings. The molecule has 2 atom stereocenters. The van der Waals surface area contributed by atoms with E-state index in [-0.39, 0.29) is 5.91 Å². The lowest BCUT2D eigenvalue weighted by atomic mass is 9.87. The van der Waals surface area contributed by atoms with Gasteiger partial charge in [0.15, 0.2) is 0 Å². The summed E-state index contributed by atoms with van der Waals surface area (Å²) in [7, 11) is 0. The summed E-state index contributed by atoms with van der Waals surface area (Å²) in [6, 6.07) is 7.38. The first kappa shape index (κ1) is 14.8. The van der Waals surface area contributed by atoms with Crippen LogP contribution in [-0.4, -0.2) is 47.3 Å². The second kappa shape index (κ2) is 5.95. The van der Waals surface area contributed by atoms with Gasteiger partial charge in [-0.05, 0) is 37.0 Å². The molecule has 1 N–H and O–H groups in total. The second-order valence-corrected chi connectivity index (χ2v) is 6.38. The fourth-order valence-corrected chi connectivity index (χ4v) is 3.51. The van der Waals surface area contributed by atoms with Crippen molar-refractivity contribution >= 4 is 17.5 Å². The maximum Gasteiger partial charge on any atom is 0.227 e. The number of ether oxygens (including phenoxy) is 1. The molecule has 0 saturated carbocycles. The van der Waals surface area contributed by atoms with Crippen molar-refractivity contribution in [2.24, 2.45) is 0 Å². The lowest BCUT2D eigenvalue weighted by molar-refractivity contribution is -0.154. The molecular formula is C16H20ClNO3. The highest BCUT2D eigenvalue weighted by molar-refractivity contribution is 6.30. The predicted octanol–water partition coefficient (Wildman–Crippen LogP) is 2.02. The number of aliphatic hydroxyl groups excluding tert-OH is 1. The lowest BCUT2D eigenvalue weighted by Gasteiger charge is -2.43. The normalized spacial score (nSPS) is 29.0. The molecule has 3 rings (SSSR count). The number of piperidine rings is 1. The van der Waals surface area contributed by atoms with Gasteiger partial charge in [0.1, 0.15) is 5.60 Å². The van der Waals surface area contributed by atoms with Gasteiger partial charge in [-0.15, -0.1) is 0 Å². The lowest BCUT2D eigenvalue weighted by Crippen LogP contribution is -2.58. The largest absolute Gasteiger partial charge is 0.390 e. The van der Waals surface area contributed by atoms with Gasteiger partial charge in [0.25, 0.3) is 0 Å². The molecule has 114 valence electrons. The van der Waals surface area contributed by atoms with Crippen LogP contribution in [0.1, 0.15) is 24.8 Å². The van der Waals surface area contributed by atoms with Crippen LogP contribution in [0.2, 0.25) is 5.02 Å². The Morgan fingerprint density at radius 3 is 3.10 bits per heavy atom. The number of halogens is 1. The van der Waals surface area contributed by atoms with Crippen LogP contribution < -0.4 is 0 Å². The molecule has 0 unspecified atom stereocenters. The molecule has 2 heterocycles. The Balaban J connectivity index is 1.67. The highest BCUT2D eigenvalue weighted by atomic mass is 35.5. The fourth-order valence-electron chi connectivity index (χ4n) is 3.30. The van der Waals surface area contributed by atoms with Crippen molar-refractivity contribution in [3.63, 3.8) is 0 Å². The minimum absolute atomic E-state index is 0.0686. The summed E-state index contributed by atoms with van der Waals surface area (Å²) in [5, 5.41) is 10.8. The maximum atomic E-state index is 12.5. The van der Waals surface area contributed by atoms with Gasteiger partial charge >= 0.3 is 0 Å². The van der Waals surface area contributed by atoms with E-state index in [1.54, 1.807) is 6.07 Å². The van der Waals surface area contributed by atoms with Crippen LogP contribution in [0.5, 0.6) is 0 Å². The number of carbonyl (C=O) groups excluding carboxylic acids is 1. The zero-order valence-corrected chi connectivity index (χ0v) is 12.7. The molecular weight excluding hydrogens is 290 g/mol. The molecule has 0 bridgehead atoms. The number of carbonyl (C=O) groups is 1. The van der Waals surface area contributed by atoms with Crippen molar-refractivity contribution in [3.8, 4) is 0 Å². The Bertz CT molecular complexity index is 528. The average molecular weight is 310 g/mol. The highest BCUT2D eigenvalue weighted by Crippen LogP contribution is 2.35. The van der Waals surface area contributed by atoms with E-state index in [0.717, 1.165) is 18.4 Å². The van der Waals surface area contributed by atoms with E-state index in [1.165, 1.54) is 0 Å². The van der Waals surface area contributed by atoms with Gasteiger partial charge in [0, 0.05) is 18.2 Å². The first-order valence-corrected chi connectivity index (χ1v) is 7.81. The van der Waals surface area contributed by atoms with Crippen molar-refractivity contribution in [3.05, 3.63) is 34.9 Å². The van der Waals surface area contributed by atoms with Crippen molar-refractivity contribution in [2.75, 3.05) is 19.7 Å². The SMILES string of the molecule is O=C(Cc1cccc(Cl)c1)N1CC[C@H](O)[C@]2(CCCO2)C1. The molecule has 2 aliphatic rings. The second-order valence-electron chi connectivity index (χ2n) is 5.94. The van der Waals surface area contributed by atoms with Crippen LogP contribution in [0.4, 0.5) is 0 Å². The molecule has 5 heteroatoms. The third-order valence-electron chi connectivity index (χ3n) is 4.47. The Morgan fingerprint density at radius 1 is 1.52 bits per heavy atom. The van der Waals surface area contributed by atoms with Gasteiger partial charge in [-0.1, -0.05) is 23.7 Å². The summed E-state index contributed by atoms with van der Waals surface area (Å²) in [6.07, 6.45) is 2.24. The summed E-state index contributed by atoms with van der Waals surface area (Å²) >= 11 is 5.95. The molecule has 2 aliphatic heterocycles. The Morgan fingerprint density at radius 2 is 2.38 bits per heavy atom. The van der Waals surface area contributed by atoms with Gasteiger partial charge in [-0.2, -0.15) is 0 Å². The molecule has 21 heavy (non-hydrogen) atoms. The van der Waals surface area contributed by atoms with Crippen molar-refractivity contribution in [1.29, 1.82) is 0 Å². The summed E-state index contributed by atoms with van der Waals surface area (Å²) in [5.41, 5.74) is 0.377. The van der Waals surface area contributed by atoms with E-state index in [9.17, 15) is 9.90 Å². The third-order valence-corrected chi connectivity index (χ3v) is 4.70. The Labute approximate surface area is 129 Å². The number of nitrogens with zero attached hydrogens (tertiary/aromatic N) is 1. The molecule has 1 amide bonds. The van der Waals surface area contributed by atoms with Gasteiger partial charge in [-0.25, -0.2) is 0 Å². The standard InChI is InChI=1S/C16H20ClNO3/c17-13-4-1-3-12(9-13)10-15(20)18-7-5-14(19)16(11-18)6-2-8-21-16/h1,3-4,9,14,19H,2,5-8,10-11H2/t14-,16-/m0/s1. The quantitative estimate of drug-likeness (QED) is 0.909. The van der Waals surface area contributed by atoms with Gasteiger partial charge in [0.05, 0.1) is 19.1 Å². The number of likely N-dealkylation sites (tertiary alicyclic amines) is 1. The number of aliphatic hydroxyl groups is 1. The smallest absolute Gasteiger partial charge is 0.227 e. The molecule has 4 nitrogen and oxygen atoms in total. The highest BCUT2D eigenvalue weighted by Gasteiger charge is 2.47. The zero-order chi connectivity index (χ0) is 14.9. The first-order valence-electron chi connectivity index (χ1n) is 7.43. The zero-order valence-electron chi connectivity index (χ0n) is 11.9. The molecule has 1 aromatic carbocycles. The van der Waals surface area contributed by atoms with E-state index >= 15 is 0 Å². The van der Waals surface area contributed by atoms with Crippen LogP contribution in [0.25, 0.3) is 0 Å². The van der Waals surface area contributed by atoms with Crippen molar-refractivity contribution in [1.82, 2.24) is 4.90 Å². The van der Waals surface area contributed by atoms with E-state index in [0.29, 0.717) is 37.6 Å². The van der Waals surface area contributed by atoms with Crippen LogP contribution in [-0.2, 0) is 16.0 Å². The molecule has 0 radical (unpaired) electrons. The van der Waals surface area contributed by atoms with E-state index in [1.807, 2.05) is 23.1 Å². The van der Waals surface area contributed by atoms with Gasteiger partial charge in [-0.3, -0.25) is 4.79 Å². The monoisotopic (exact) mass is 309 g/mol. The number of benzene rings is 1. The topological polar surface area (TPSA) is 49.8 Å². The minimum Gasteiger partial charge on any atom is -0.390 e. The number of hydrogen-bond donors (Lipinski definition) is 1. The maximum absolute atomic E-state index is 12.5. The predicted molar refractivity (Wildman–Crippen MR) is 80.3 cm³/mol. The molecule has 2 fully saturated rings. The summed E-state index contributed by atoms with van der Waals surface area (Å²) in [6.45, 7) is 1.76. The summed E-state index contributed by atoms with van der Waals surface area (Å²) < 4.78 is 5.78. The van der Waals surface area contributed by atoms with E-state index in [4.69, 9.17) is 16.3 Å². The number of amides is 1. The average Bonchev–Trinajstić information content (AvgIpc) is 2.91. The van der Waals surface area contributed by atoms with Crippen LogP contribution in [0, 0.1) is 0 Å². The van der Waals surface area contributed by atoms with Crippen LogP contribution in [0.3, 0.4) is 0 Å². The van der Waals surface area contributed by atoms with Crippen LogP contribution >= 0.6 is 11.6 Å². The van der Waals surface area contributed by atoms with Gasteiger partial charge in [0.2, 0.25) is 5.91 Å². The Kier molecular flexibility index (Phi) is 4.20.